The maximum Gasteiger partial charge on any atom is 0.335 e. The van der Waals surface area contributed by atoms with Crippen molar-refractivity contribution in [1.29, 1.82) is 0 Å². The smallest absolute Gasteiger partial charge is 0.293 e. The lowest BCUT2D eigenvalue weighted by atomic mass is 10.4. The number of hydrogen-bond acceptors (Lipinski definition) is 3. The third-order valence-corrected chi connectivity index (χ3v) is 2.70. The van der Waals surface area contributed by atoms with E-state index in [1.807, 2.05) is 24.3 Å². The van der Waals surface area contributed by atoms with Crippen LogP contribution in [-0.2, 0) is 7.05 Å². The number of aromatic nitrogens is 4. The molecular weight excluding hydrogens is 216 g/mol. The molecule has 0 aliphatic carbocycles. The molecule has 0 radical (unpaired) electrons. The van der Waals surface area contributed by atoms with Crippen LogP contribution in [0.5, 0.6) is 0 Å². The maximum absolute atomic E-state index is 12.1. The van der Waals surface area contributed by atoms with E-state index in [2.05, 4.69) is 9.97 Å². The minimum atomic E-state index is -0.141. The number of imidazole rings is 1. The molecule has 84 valence electrons. The molecule has 0 atom stereocenters. The Balaban J connectivity index is 2.45. The molecule has 5 nitrogen and oxygen atoms in total. The van der Waals surface area contributed by atoms with Crippen LogP contribution in [0.2, 0.25) is 0 Å². The van der Waals surface area contributed by atoms with Crippen LogP contribution in [0.1, 0.15) is 0 Å². The van der Waals surface area contributed by atoms with Gasteiger partial charge >= 0.3 is 5.69 Å². The van der Waals surface area contributed by atoms with Gasteiger partial charge in [0, 0.05) is 19.4 Å². The predicted octanol–water partition coefficient (Wildman–Crippen LogP) is 1.12. The first-order valence-corrected chi connectivity index (χ1v) is 5.23. The number of rotatable bonds is 1. The van der Waals surface area contributed by atoms with Crippen molar-refractivity contribution in [3.63, 3.8) is 0 Å². The van der Waals surface area contributed by atoms with E-state index in [9.17, 15) is 4.79 Å². The highest BCUT2D eigenvalue weighted by molar-refractivity contribution is 5.72. The fourth-order valence-corrected chi connectivity index (χ4v) is 1.86. The van der Waals surface area contributed by atoms with Crippen molar-refractivity contribution >= 4 is 11.2 Å². The summed E-state index contributed by atoms with van der Waals surface area (Å²) in [6.45, 7) is 0. The molecular formula is C12H10N4O. The van der Waals surface area contributed by atoms with Crippen molar-refractivity contribution in [1.82, 2.24) is 19.1 Å². The van der Waals surface area contributed by atoms with E-state index in [0.29, 0.717) is 11.5 Å². The Morgan fingerprint density at radius 3 is 2.65 bits per heavy atom. The largest absolute Gasteiger partial charge is 0.335 e. The van der Waals surface area contributed by atoms with Crippen molar-refractivity contribution in [2.75, 3.05) is 0 Å². The summed E-state index contributed by atoms with van der Waals surface area (Å²) in [4.78, 5) is 20.6. The monoisotopic (exact) mass is 226 g/mol. The highest BCUT2D eigenvalue weighted by Gasteiger charge is 2.12. The summed E-state index contributed by atoms with van der Waals surface area (Å²) in [5.41, 5.74) is 1.28. The SMILES string of the molecule is Cn1c(=O)n(-c2ccccn2)c2ncccc21. The Morgan fingerprint density at radius 2 is 1.88 bits per heavy atom. The topological polar surface area (TPSA) is 52.7 Å². The summed E-state index contributed by atoms with van der Waals surface area (Å²) >= 11 is 0. The fourth-order valence-electron chi connectivity index (χ4n) is 1.86. The maximum atomic E-state index is 12.1. The van der Waals surface area contributed by atoms with Gasteiger partial charge in [-0.05, 0) is 24.3 Å². The van der Waals surface area contributed by atoms with Crippen LogP contribution < -0.4 is 5.69 Å². The van der Waals surface area contributed by atoms with Gasteiger partial charge in [0.15, 0.2) is 5.65 Å². The summed E-state index contributed by atoms with van der Waals surface area (Å²) in [5.74, 6) is 0.585. The van der Waals surface area contributed by atoms with Crippen molar-refractivity contribution in [3.05, 3.63) is 53.2 Å². The number of pyridine rings is 2. The number of hydrogen-bond donors (Lipinski definition) is 0. The minimum Gasteiger partial charge on any atom is -0.293 e. The fraction of sp³-hybridized carbons (Fsp3) is 0.0833. The minimum absolute atomic E-state index is 0.141. The van der Waals surface area contributed by atoms with Gasteiger partial charge in [-0.1, -0.05) is 6.07 Å². The number of nitrogens with zero attached hydrogens (tertiary/aromatic N) is 4. The first kappa shape index (κ1) is 9.77. The standard InChI is InChI=1S/C12H10N4O/c1-15-9-5-4-8-14-11(9)16(12(15)17)10-6-2-3-7-13-10/h2-8H,1H3. The lowest BCUT2D eigenvalue weighted by molar-refractivity contribution is 0.832. The molecule has 0 saturated heterocycles. The van der Waals surface area contributed by atoms with E-state index >= 15 is 0 Å². The molecule has 0 aliphatic heterocycles. The molecule has 0 N–H and O–H groups in total. The first-order valence-electron chi connectivity index (χ1n) is 5.23. The number of aryl methyl sites for hydroxylation is 1. The van der Waals surface area contributed by atoms with Crippen LogP contribution in [0.3, 0.4) is 0 Å². The lowest BCUT2D eigenvalue weighted by Gasteiger charge is -1.99. The third-order valence-electron chi connectivity index (χ3n) is 2.70. The zero-order valence-electron chi connectivity index (χ0n) is 9.24. The molecule has 5 heteroatoms. The van der Waals surface area contributed by atoms with E-state index < -0.39 is 0 Å². The van der Waals surface area contributed by atoms with Crippen molar-refractivity contribution < 1.29 is 0 Å². The van der Waals surface area contributed by atoms with Gasteiger partial charge in [-0.3, -0.25) is 4.57 Å². The Kier molecular flexibility index (Phi) is 2.04. The Hall–Kier alpha value is -2.43. The van der Waals surface area contributed by atoms with Gasteiger partial charge in [-0.25, -0.2) is 19.3 Å². The van der Waals surface area contributed by atoms with Gasteiger partial charge in [0.1, 0.15) is 5.82 Å². The summed E-state index contributed by atoms with van der Waals surface area (Å²) in [6.07, 6.45) is 3.32. The van der Waals surface area contributed by atoms with Gasteiger partial charge in [0.05, 0.1) is 5.52 Å². The molecule has 3 rings (SSSR count). The molecule has 3 heterocycles. The second kappa shape index (κ2) is 3.55. The van der Waals surface area contributed by atoms with Crippen LogP contribution in [0.25, 0.3) is 17.0 Å². The quantitative estimate of drug-likeness (QED) is 0.624. The molecule has 0 saturated carbocycles. The normalized spacial score (nSPS) is 10.9. The molecule has 0 aliphatic rings. The van der Waals surface area contributed by atoms with Crippen LogP contribution in [-0.4, -0.2) is 19.1 Å². The lowest BCUT2D eigenvalue weighted by Crippen LogP contribution is -2.21. The van der Waals surface area contributed by atoms with E-state index in [0.717, 1.165) is 5.52 Å². The molecule has 0 bridgehead atoms. The average Bonchev–Trinajstić information content (AvgIpc) is 2.64. The highest BCUT2D eigenvalue weighted by atomic mass is 16.1. The molecule has 3 aromatic rings. The highest BCUT2D eigenvalue weighted by Crippen LogP contribution is 2.12. The van der Waals surface area contributed by atoms with Crippen LogP contribution >= 0.6 is 0 Å². The first-order chi connectivity index (χ1) is 8.29. The second-order valence-corrected chi connectivity index (χ2v) is 3.71. The molecule has 0 amide bonds. The van der Waals surface area contributed by atoms with Crippen LogP contribution in [0, 0.1) is 0 Å². The molecule has 3 aromatic heterocycles. The number of fused-ring (bicyclic) bond motifs is 1. The summed E-state index contributed by atoms with van der Waals surface area (Å²) < 4.78 is 3.08. The molecule has 0 unspecified atom stereocenters. The van der Waals surface area contributed by atoms with E-state index in [-0.39, 0.29) is 5.69 Å². The van der Waals surface area contributed by atoms with E-state index in [1.54, 1.807) is 30.1 Å². The molecule has 0 spiro atoms. The van der Waals surface area contributed by atoms with E-state index in [4.69, 9.17) is 0 Å². The Bertz CT molecular complexity index is 727. The van der Waals surface area contributed by atoms with Crippen molar-refractivity contribution in [3.8, 4) is 5.82 Å². The second-order valence-electron chi connectivity index (χ2n) is 3.71. The van der Waals surface area contributed by atoms with Gasteiger partial charge in [-0.2, -0.15) is 0 Å². The van der Waals surface area contributed by atoms with E-state index in [1.165, 1.54) is 4.57 Å². The van der Waals surface area contributed by atoms with Gasteiger partial charge in [0.25, 0.3) is 0 Å². The molecule has 0 aromatic carbocycles. The zero-order chi connectivity index (χ0) is 11.8. The van der Waals surface area contributed by atoms with Crippen LogP contribution in [0.4, 0.5) is 0 Å². The van der Waals surface area contributed by atoms with Gasteiger partial charge in [-0.15, -0.1) is 0 Å². The molecule has 0 fully saturated rings. The molecule has 17 heavy (non-hydrogen) atoms. The Labute approximate surface area is 97.0 Å². The van der Waals surface area contributed by atoms with Gasteiger partial charge in [0.2, 0.25) is 0 Å². The zero-order valence-corrected chi connectivity index (χ0v) is 9.24. The van der Waals surface area contributed by atoms with Crippen molar-refractivity contribution in [2.24, 2.45) is 7.05 Å². The van der Waals surface area contributed by atoms with Crippen molar-refractivity contribution in [2.45, 2.75) is 0 Å². The summed E-state index contributed by atoms with van der Waals surface area (Å²) in [7, 11) is 1.73. The van der Waals surface area contributed by atoms with Gasteiger partial charge < -0.3 is 0 Å². The average molecular weight is 226 g/mol. The van der Waals surface area contributed by atoms with Crippen LogP contribution in [0.15, 0.2) is 47.5 Å². The predicted molar refractivity (Wildman–Crippen MR) is 64.1 cm³/mol. The Morgan fingerprint density at radius 1 is 1.06 bits per heavy atom. The summed E-state index contributed by atoms with van der Waals surface area (Å²) in [5, 5.41) is 0. The third kappa shape index (κ3) is 1.36. The summed E-state index contributed by atoms with van der Waals surface area (Å²) in [6, 6.07) is 9.12.